The summed E-state index contributed by atoms with van der Waals surface area (Å²) >= 11 is 0. The monoisotopic (exact) mass is 236 g/mol. The van der Waals surface area contributed by atoms with Crippen molar-refractivity contribution in [2.45, 2.75) is 0 Å². The lowest BCUT2D eigenvalue weighted by Crippen LogP contribution is -1.81. The third-order valence-electron chi connectivity index (χ3n) is 2.65. The lowest BCUT2D eigenvalue weighted by atomic mass is 10.1. The fraction of sp³-hybridized carbons (Fsp3) is 0. The van der Waals surface area contributed by atoms with Crippen LogP contribution < -0.4 is 0 Å². The highest BCUT2D eigenvalue weighted by Crippen LogP contribution is 2.13. The van der Waals surface area contributed by atoms with Gasteiger partial charge >= 0.3 is 0 Å². The van der Waals surface area contributed by atoms with Gasteiger partial charge in [0.25, 0.3) is 0 Å². The highest BCUT2D eigenvalue weighted by molar-refractivity contribution is 5.82. The quantitative estimate of drug-likeness (QED) is 0.597. The Morgan fingerprint density at radius 2 is 1.83 bits per heavy atom. The van der Waals surface area contributed by atoms with Gasteiger partial charge in [0.1, 0.15) is 11.5 Å². The minimum Gasteiger partial charge on any atom is -0.346 e. The van der Waals surface area contributed by atoms with Gasteiger partial charge < -0.3 is 4.98 Å². The summed E-state index contributed by atoms with van der Waals surface area (Å²) in [7, 11) is 0. The van der Waals surface area contributed by atoms with Crippen LogP contribution >= 0.6 is 0 Å². The lowest BCUT2D eigenvalue weighted by molar-refractivity contribution is 0.627. The minimum absolute atomic E-state index is 0.252. The Kier molecular flexibility index (Phi) is 2.54. The molecule has 0 fully saturated rings. The van der Waals surface area contributed by atoms with Crippen LogP contribution in [0, 0.1) is 17.7 Å². The van der Waals surface area contributed by atoms with E-state index in [1.54, 1.807) is 18.3 Å². The molecule has 1 aromatic carbocycles. The van der Waals surface area contributed by atoms with Gasteiger partial charge in [-0.05, 0) is 36.4 Å². The molecule has 0 aliphatic rings. The molecule has 2 aromatic heterocycles. The van der Waals surface area contributed by atoms with E-state index in [9.17, 15) is 4.39 Å². The fourth-order valence-electron chi connectivity index (χ4n) is 1.74. The normalized spacial score (nSPS) is 10.1. The van der Waals surface area contributed by atoms with Crippen LogP contribution in [0.25, 0.3) is 11.0 Å². The summed E-state index contributed by atoms with van der Waals surface area (Å²) in [5, 5.41) is 0.993. The van der Waals surface area contributed by atoms with Gasteiger partial charge in [0.05, 0.1) is 0 Å². The van der Waals surface area contributed by atoms with E-state index in [2.05, 4.69) is 21.8 Å². The predicted molar refractivity (Wildman–Crippen MR) is 68.5 cm³/mol. The summed E-state index contributed by atoms with van der Waals surface area (Å²) < 4.78 is 12.8. The van der Waals surface area contributed by atoms with Gasteiger partial charge in [-0.3, -0.25) is 0 Å². The molecule has 0 aliphatic heterocycles. The number of aromatic nitrogens is 2. The van der Waals surface area contributed by atoms with Gasteiger partial charge in [0.15, 0.2) is 0 Å². The summed E-state index contributed by atoms with van der Waals surface area (Å²) in [6, 6.07) is 9.95. The van der Waals surface area contributed by atoms with E-state index in [4.69, 9.17) is 0 Å². The van der Waals surface area contributed by atoms with Crippen molar-refractivity contribution in [2.75, 3.05) is 0 Å². The standard InChI is InChI=1S/C15H9FN2/c16-13-5-2-11(3-6-13)1-4-12-7-9-17-15-14(12)8-10-18-15/h2-3,5-10H,(H,17,18). The lowest BCUT2D eigenvalue weighted by Gasteiger charge is -1.93. The second-order valence-corrected chi connectivity index (χ2v) is 3.86. The molecule has 0 unspecified atom stereocenters. The largest absolute Gasteiger partial charge is 0.346 e. The maximum atomic E-state index is 12.8. The molecule has 0 amide bonds. The Balaban J connectivity index is 2.02. The first-order chi connectivity index (χ1) is 8.83. The molecule has 0 saturated carbocycles. The van der Waals surface area contributed by atoms with Crippen molar-refractivity contribution in [3.63, 3.8) is 0 Å². The minimum atomic E-state index is -0.252. The molecule has 2 heterocycles. The molecule has 0 spiro atoms. The highest BCUT2D eigenvalue weighted by atomic mass is 19.1. The van der Waals surface area contributed by atoms with Gasteiger partial charge in [-0.2, -0.15) is 0 Å². The topological polar surface area (TPSA) is 28.7 Å². The fourth-order valence-corrected chi connectivity index (χ4v) is 1.74. The number of halogens is 1. The van der Waals surface area contributed by atoms with Crippen LogP contribution in [0.5, 0.6) is 0 Å². The molecule has 3 rings (SSSR count). The zero-order valence-corrected chi connectivity index (χ0v) is 9.44. The number of fused-ring (bicyclic) bond motifs is 1. The molecule has 3 aromatic rings. The van der Waals surface area contributed by atoms with Crippen molar-refractivity contribution in [3.05, 3.63) is 65.7 Å². The van der Waals surface area contributed by atoms with Crippen molar-refractivity contribution in [3.8, 4) is 11.8 Å². The number of pyridine rings is 1. The summed E-state index contributed by atoms with van der Waals surface area (Å²) in [5.74, 6) is 5.84. The van der Waals surface area contributed by atoms with E-state index in [1.807, 2.05) is 18.3 Å². The van der Waals surface area contributed by atoms with Gasteiger partial charge in [0.2, 0.25) is 0 Å². The molecule has 18 heavy (non-hydrogen) atoms. The molecule has 0 atom stereocenters. The summed E-state index contributed by atoms with van der Waals surface area (Å²) in [4.78, 5) is 7.23. The van der Waals surface area contributed by atoms with E-state index < -0.39 is 0 Å². The average Bonchev–Trinajstić information content (AvgIpc) is 2.87. The first-order valence-corrected chi connectivity index (χ1v) is 5.52. The van der Waals surface area contributed by atoms with E-state index in [0.29, 0.717) is 0 Å². The van der Waals surface area contributed by atoms with Crippen LogP contribution in [-0.4, -0.2) is 9.97 Å². The number of hydrogen-bond acceptors (Lipinski definition) is 1. The van der Waals surface area contributed by atoms with Crippen molar-refractivity contribution < 1.29 is 4.39 Å². The molecule has 0 aliphatic carbocycles. The van der Waals surface area contributed by atoms with Crippen LogP contribution in [0.15, 0.2) is 48.8 Å². The van der Waals surface area contributed by atoms with Gasteiger partial charge in [-0.1, -0.05) is 11.8 Å². The molecular weight excluding hydrogens is 227 g/mol. The molecule has 0 radical (unpaired) electrons. The van der Waals surface area contributed by atoms with Crippen molar-refractivity contribution in [2.24, 2.45) is 0 Å². The zero-order valence-electron chi connectivity index (χ0n) is 9.44. The van der Waals surface area contributed by atoms with Crippen LogP contribution in [0.2, 0.25) is 0 Å². The van der Waals surface area contributed by atoms with Crippen LogP contribution in [0.3, 0.4) is 0 Å². The Morgan fingerprint density at radius 1 is 1.00 bits per heavy atom. The molecule has 0 saturated heterocycles. The van der Waals surface area contributed by atoms with Gasteiger partial charge in [-0.15, -0.1) is 0 Å². The Bertz CT molecular complexity index is 745. The zero-order chi connectivity index (χ0) is 12.4. The predicted octanol–water partition coefficient (Wildman–Crippen LogP) is 3.10. The number of benzene rings is 1. The van der Waals surface area contributed by atoms with Crippen LogP contribution in [-0.2, 0) is 0 Å². The Labute approximate surface area is 103 Å². The summed E-state index contributed by atoms with van der Waals surface area (Å²) in [6.07, 6.45) is 3.55. The smallest absolute Gasteiger partial charge is 0.138 e. The van der Waals surface area contributed by atoms with Crippen LogP contribution in [0.4, 0.5) is 4.39 Å². The van der Waals surface area contributed by atoms with Crippen LogP contribution in [0.1, 0.15) is 11.1 Å². The SMILES string of the molecule is Fc1ccc(C#Cc2ccnc3[nH]ccc23)cc1. The summed E-state index contributed by atoms with van der Waals surface area (Å²) in [5.41, 5.74) is 2.52. The molecule has 3 heteroatoms. The summed E-state index contributed by atoms with van der Waals surface area (Å²) in [6.45, 7) is 0. The molecule has 0 bridgehead atoms. The molecule has 86 valence electrons. The Morgan fingerprint density at radius 3 is 2.67 bits per heavy atom. The van der Waals surface area contributed by atoms with Crippen molar-refractivity contribution >= 4 is 11.0 Å². The molecule has 1 N–H and O–H groups in total. The van der Waals surface area contributed by atoms with Crippen molar-refractivity contribution in [1.82, 2.24) is 9.97 Å². The number of aromatic amines is 1. The van der Waals surface area contributed by atoms with E-state index >= 15 is 0 Å². The number of H-pyrrole nitrogens is 1. The second kappa shape index (κ2) is 4.34. The van der Waals surface area contributed by atoms with Crippen molar-refractivity contribution in [1.29, 1.82) is 0 Å². The Hall–Kier alpha value is -2.60. The number of rotatable bonds is 0. The third-order valence-corrected chi connectivity index (χ3v) is 2.65. The maximum Gasteiger partial charge on any atom is 0.138 e. The van der Waals surface area contributed by atoms with E-state index in [1.165, 1.54) is 12.1 Å². The van der Waals surface area contributed by atoms with Gasteiger partial charge in [0, 0.05) is 28.9 Å². The van der Waals surface area contributed by atoms with E-state index in [0.717, 1.165) is 22.2 Å². The number of hydrogen-bond donors (Lipinski definition) is 1. The van der Waals surface area contributed by atoms with Gasteiger partial charge in [-0.25, -0.2) is 9.37 Å². The molecule has 2 nitrogen and oxygen atoms in total. The van der Waals surface area contributed by atoms with E-state index in [-0.39, 0.29) is 5.82 Å². The average molecular weight is 236 g/mol. The number of nitrogens with one attached hydrogen (secondary N) is 1. The maximum absolute atomic E-state index is 12.8. The third kappa shape index (κ3) is 1.96. The molecular formula is C15H9FN2. The number of nitrogens with zero attached hydrogens (tertiary/aromatic N) is 1. The highest BCUT2D eigenvalue weighted by Gasteiger charge is 1.99. The second-order valence-electron chi connectivity index (χ2n) is 3.86. The first kappa shape index (κ1) is 10.5. The first-order valence-electron chi connectivity index (χ1n) is 5.52.